The molecule has 0 saturated heterocycles. The summed E-state index contributed by atoms with van der Waals surface area (Å²) in [6, 6.07) is 13.7. The summed E-state index contributed by atoms with van der Waals surface area (Å²) in [6.07, 6.45) is 1.02. The number of carbonyl (C=O) groups is 2. The maximum Gasteiger partial charge on any atom is 0.306 e. The fraction of sp³-hybridized carbons (Fsp3) is 0.250. The van der Waals surface area contributed by atoms with Crippen LogP contribution >= 0.6 is 11.3 Å². The van der Waals surface area contributed by atoms with Gasteiger partial charge >= 0.3 is 5.97 Å². The zero-order valence-electron chi connectivity index (χ0n) is 14.7. The molecular weight excluding hydrogens is 348 g/mol. The van der Waals surface area contributed by atoms with Gasteiger partial charge in [-0.1, -0.05) is 13.0 Å². The van der Waals surface area contributed by atoms with Crippen LogP contribution in [0.1, 0.15) is 25.3 Å². The first kappa shape index (κ1) is 18.1. The number of anilines is 1. The molecule has 1 amide bonds. The summed E-state index contributed by atoms with van der Waals surface area (Å²) in [5.74, 6) is -0.707. The lowest BCUT2D eigenvalue weighted by molar-refractivity contribution is -0.147. The van der Waals surface area contributed by atoms with E-state index in [1.165, 1.54) is 5.56 Å². The molecule has 3 aromatic rings. The van der Waals surface area contributed by atoms with Gasteiger partial charge < -0.3 is 10.1 Å². The minimum Gasteiger partial charge on any atom is -0.456 e. The second kappa shape index (κ2) is 8.10. The van der Waals surface area contributed by atoms with Crippen molar-refractivity contribution in [1.29, 1.82) is 0 Å². The number of esters is 1. The van der Waals surface area contributed by atoms with Crippen LogP contribution in [0, 0.1) is 6.92 Å². The number of fused-ring (bicyclic) bond motifs is 1. The average Bonchev–Trinajstić information content (AvgIpc) is 3.04. The van der Waals surface area contributed by atoms with E-state index in [2.05, 4.69) is 29.4 Å². The summed E-state index contributed by atoms with van der Waals surface area (Å²) >= 11 is 1.64. The number of aromatic nitrogens is 1. The zero-order chi connectivity index (χ0) is 18.5. The van der Waals surface area contributed by atoms with Crippen molar-refractivity contribution < 1.29 is 14.3 Å². The molecule has 0 aliphatic rings. The number of ether oxygens (including phenoxy) is 1. The number of benzene rings is 2. The van der Waals surface area contributed by atoms with Gasteiger partial charge in [-0.15, -0.1) is 11.3 Å². The highest BCUT2D eigenvalue weighted by atomic mass is 32.1. The van der Waals surface area contributed by atoms with E-state index in [1.54, 1.807) is 11.3 Å². The van der Waals surface area contributed by atoms with Gasteiger partial charge in [-0.05, 0) is 55.3 Å². The van der Waals surface area contributed by atoms with Crippen LogP contribution in [0.2, 0.25) is 0 Å². The normalized spacial score (nSPS) is 10.7. The summed E-state index contributed by atoms with van der Waals surface area (Å²) in [5.41, 5.74) is 3.85. The maximum absolute atomic E-state index is 11.8. The number of nitrogens with zero attached hydrogens (tertiary/aromatic N) is 1. The van der Waals surface area contributed by atoms with Crippen molar-refractivity contribution in [2.45, 2.75) is 26.7 Å². The Bertz CT molecular complexity index is 932. The summed E-state index contributed by atoms with van der Waals surface area (Å²) in [5, 5.41) is 3.66. The van der Waals surface area contributed by atoms with Crippen molar-refractivity contribution in [3.05, 3.63) is 48.0 Å². The van der Waals surface area contributed by atoms with Gasteiger partial charge in [0.1, 0.15) is 5.01 Å². The quantitative estimate of drug-likeness (QED) is 0.648. The molecule has 2 aromatic carbocycles. The molecule has 0 aliphatic heterocycles. The molecule has 1 N–H and O–H groups in total. The van der Waals surface area contributed by atoms with Gasteiger partial charge in [-0.2, -0.15) is 0 Å². The van der Waals surface area contributed by atoms with Crippen molar-refractivity contribution >= 4 is 39.1 Å². The number of rotatable bonds is 6. The summed E-state index contributed by atoms with van der Waals surface area (Å²) in [6.45, 7) is 3.68. The fourth-order valence-corrected chi connectivity index (χ4v) is 3.54. The summed E-state index contributed by atoms with van der Waals surface area (Å²) in [7, 11) is 0. The molecule has 0 spiro atoms. The van der Waals surface area contributed by atoms with Crippen LogP contribution in [0.4, 0.5) is 5.69 Å². The maximum atomic E-state index is 11.8. The Morgan fingerprint density at radius 2 is 1.92 bits per heavy atom. The van der Waals surface area contributed by atoms with Crippen LogP contribution in [-0.2, 0) is 14.3 Å². The molecule has 1 heterocycles. The summed E-state index contributed by atoms with van der Waals surface area (Å²) in [4.78, 5) is 27.8. The smallest absolute Gasteiger partial charge is 0.306 e. The first-order valence-electron chi connectivity index (χ1n) is 8.48. The molecule has 0 radical (unpaired) electrons. The molecule has 6 heteroatoms. The van der Waals surface area contributed by atoms with E-state index in [4.69, 9.17) is 4.74 Å². The van der Waals surface area contributed by atoms with Gasteiger partial charge in [-0.3, -0.25) is 9.59 Å². The SMILES string of the molecule is CCCC(=O)OCC(=O)Nc1ccc(-c2nc3ccc(C)cc3s2)cc1. The van der Waals surface area contributed by atoms with E-state index in [0.29, 0.717) is 18.5 Å². The molecule has 0 atom stereocenters. The number of nitrogens with one attached hydrogen (secondary N) is 1. The molecule has 3 rings (SSSR count). The first-order chi connectivity index (χ1) is 12.5. The zero-order valence-corrected chi connectivity index (χ0v) is 15.6. The lowest BCUT2D eigenvalue weighted by atomic mass is 10.2. The molecule has 134 valence electrons. The predicted molar refractivity (Wildman–Crippen MR) is 104 cm³/mol. The van der Waals surface area contributed by atoms with Gasteiger partial charge in [0.05, 0.1) is 10.2 Å². The Morgan fingerprint density at radius 3 is 2.65 bits per heavy atom. The van der Waals surface area contributed by atoms with Crippen LogP contribution in [0.3, 0.4) is 0 Å². The minimum atomic E-state index is -0.357. The molecule has 1 aromatic heterocycles. The molecule has 0 unspecified atom stereocenters. The highest BCUT2D eigenvalue weighted by Crippen LogP contribution is 2.31. The lowest BCUT2D eigenvalue weighted by Crippen LogP contribution is -2.20. The number of carbonyl (C=O) groups excluding carboxylic acids is 2. The number of thiazole rings is 1. The van der Waals surface area contributed by atoms with Gasteiger partial charge in [0, 0.05) is 17.7 Å². The Hall–Kier alpha value is -2.73. The monoisotopic (exact) mass is 368 g/mol. The van der Waals surface area contributed by atoms with Gasteiger partial charge in [0.2, 0.25) is 0 Å². The van der Waals surface area contributed by atoms with Crippen LogP contribution in [-0.4, -0.2) is 23.5 Å². The van der Waals surface area contributed by atoms with E-state index < -0.39 is 0 Å². The minimum absolute atomic E-state index is 0.266. The first-order valence-corrected chi connectivity index (χ1v) is 9.30. The summed E-state index contributed by atoms with van der Waals surface area (Å²) < 4.78 is 6.05. The van der Waals surface area contributed by atoms with E-state index >= 15 is 0 Å². The number of hydrogen-bond acceptors (Lipinski definition) is 5. The predicted octanol–water partition coefficient (Wildman–Crippen LogP) is 4.55. The third-order valence-electron chi connectivity index (χ3n) is 3.78. The van der Waals surface area contributed by atoms with E-state index in [0.717, 1.165) is 20.8 Å². The van der Waals surface area contributed by atoms with Crippen LogP contribution in [0.5, 0.6) is 0 Å². The van der Waals surface area contributed by atoms with Crippen LogP contribution in [0.25, 0.3) is 20.8 Å². The van der Waals surface area contributed by atoms with Crippen molar-refractivity contribution in [1.82, 2.24) is 4.98 Å². The lowest BCUT2D eigenvalue weighted by Gasteiger charge is -2.06. The van der Waals surface area contributed by atoms with Crippen molar-refractivity contribution in [2.75, 3.05) is 11.9 Å². The highest BCUT2D eigenvalue weighted by molar-refractivity contribution is 7.21. The third-order valence-corrected chi connectivity index (χ3v) is 4.85. The molecule has 0 aliphatic carbocycles. The topological polar surface area (TPSA) is 68.3 Å². The third kappa shape index (κ3) is 4.46. The molecular formula is C20H20N2O3S. The van der Waals surface area contributed by atoms with E-state index in [-0.39, 0.29) is 18.5 Å². The molecule has 0 fully saturated rings. The van der Waals surface area contributed by atoms with Crippen molar-refractivity contribution in [2.24, 2.45) is 0 Å². The molecule has 26 heavy (non-hydrogen) atoms. The fourth-order valence-electron chi connectivity index (χ4n) is 2.47. The Morgan fingerprint density at radius 1 is 1.15 bits per heavy atom. The Balaban J connectivity index is 1.64. The van der Waals surface area contributed by atoms with Gasteiger partial charge in [0.15, 0.2) is 6.61 Å². The van der Waals surface area contributed by atoms with Crippen LogP contribution < -0.4 is 5.32 Å². The van der Waals surface area contributed by atoms with E-state index in [1.807, 2.05) is 37.3 Å². The largest absolute Gasteiger partial charge is 0.456 e. The van der Waals surface area contributed by atoms with Crippen LogP contribution in [0.15, 0.2) is 42.5 Å². The van der Waals surface area contributed by atoms with Crippen molar-refractivity contribution in [3.63, 3.8) is 0 Å². The second-order valence-corrected chi connectivity index (χ2v) is 7.06. The van der Waals surface area contributed by atoms with Crippen molar-refractivity contribution in [3.8, 4) is 10.6 Å². The number of amides is 1. The number of aryl methyl sites for hydroxylation is 1. The molecule has 5 nitrogen and oxygen atoms in total. The average molecular weight is 368 g/mol. The number of hydrogen-bond donors (Lipinski definition) is 1. The van der Waals surface area contributed by atoms with Gasteiger partial charge in [0.25, 0.3) is 5.91 Å². The van der Waals surface area contributed by atoms with E-state index in [9.17, 15) is 9.59 Å². The Kier molecular flexibility index (Phi) is 5.63. The molecule has 0 bridgehead atoms. The van der Waals surface area contributed by atoms with Gasteiger partial charge in [-0.25, -0.2) is 4.98 Å². The Labute approximate surface area is 156 Å². The second-order valence-electron chi connectivity index (χ2n) is 6.03. The molecule has 0 saturated carbocycles. The highest BCUT2D eigenvalue weighted by Gasteiger charge is 2.09. The standard InChI is InChI=1S/C20H20N2O3S/c1-3-4-19(24)25-12-18(23)21-15-8-6-14(7-9-15)20-22-16-10-5-13(2)11-17(16)26-20/h5-11H,3-4,12H2,1-2H3,(H,21,23).